The Labute approximate surface area is 126 Å². The zero-order valence-electron chi connectivity index (χ0n) is 11.9. The molecule has 0 bridgehead atoms. The molecule has 0 saturated heterocycles. The number of alkyl halides is 3. The maximum atomic E-state index is 12.6. The van der Waals surface area contributed by atoms with Gasteiger partial charge in [-0.2, -0.15) is 13.2 Å². The molecule has 0 atom stereocenters. The lowest BCUT2D eigenvalue weighted by Crippen LogP contribution is -2.28. The summed E-state index contributed by atoms with van der Waals surface area (Å²) in [6, 6.07) is 10.2. The van der Waals surface area contributed by atoms with Gasteiger partial charge in [0.05, 0.1) is 5.56 Å². The average Bonchev–Trinajstić information content (AvgIpc) is 2.47. The summed E-state index contributed by atoms with van der Waals surface area (Å²) in [5.74, 6) is -0.00451. The molecule has 0 aliphatic carbocycles. The van der Waals surface area contributed by atoms with Crippen molar-refractivity contribution in [1.29, 1.82) is 0 Å². The maximum absolute atomic E-state index is 12.6. The first-order valence-corrected chi connectivity index (χ1v) is 7.14. The molecular formula is C17H15F3NO. The molecule has 115 valence electrons. The monoisotopic (exact) mass is 306 g/mol. The molecule has 1 aliphatic heterocycles. The van der Waals surface area contributed by atoms with Crippen LogP contribution in [-0.4, -0.2) is 6.54 Å². The Morgan fingerprint density at radius 1 is 1.05 bits per heavy atom. The minimum Gasteiger partial charge on any atom is -0.367 e. The summed E-state index contributed by atoms with van der Waals surface area (Å²) in [7, 11) is 0. The summed E-state index contributed by atoms with van der Waals surface area (Å²) in [5.41, 5.74) is 2.22. The summed E-state index contributed by atoms with van der Waals surface area (Å²) < 4.78 is 37.7. The standard InChI is InChI=1S/C17H15F3NO/c18-17(19,20)14-5-3-12(4-6-14)11-21-9-1-2-13-10-15(22)7-8-16(13)21/h3-8,10H,1-2,9,11H2. The molecule has 0 fully saturated rings. The fourth-order valence-electron chi connectivity index (χ4n) is 2.84. The van der Waals surface area contributed by atoms with E-state index >= 15 is 0 Å². The van der Waals surface area contributed by atoms with Crippen molar-refractivity contribution in [3.63, 3.8) is 0 Å². The second-order valence-corrected chi connectivity index (χ2v) is 5.51. The van der Waals surface area contributed by atoms with Crippen molar-refractivity contribution in [2.75, 3.05) is 11.4 Å². The smallest absolute Gasteiger partial charge is 0.367 e. The third-order valence-electron chi connectivity index (χ3n) is 3.92. The fraction of sp³-hybridized carbons (Fsp3) is 0.294. The topological polar surface area (TPSA) is 23.1 Å². The first-order chi connectivity index (χ1) is 10.4. The van der Waals surface area contributed by atoms with E-state index in [1.807, 2.05) is 0 Å². The lowest BCUT2D eigenvalue weighted by molar-refractivity contribution is -0.137. The molecule has 2 aromatic rings. The second-order valence-electron chi connectivity index (χ2n) is 5.51. The Morgan fingerprint density at radius 2 is 1.77 bits per heavy atom. The molecule has 0 amide bonds. The van der Waals surface area contributed by atoms with Crippen molar-refractivity contribution in [1.82, 2.24) is 0 Å². The molecule has 0 N–H and O–H groups in total. The summed E-state index contributed by atoms with van der Waals surface area (Å²) >= 11 is 0. The van der Waals surface area contributed by atoms with E-state index in [4.69, 9.17) is 0 Å². The Bertz CT molecular complexity index is 665. The van der Waals surface area contributed by atoms with Gasteiger partial charge in [0.1, 0.15) is 0 Å². The van der Waals surface area contributed by atoms with E-state index in [1.54, 1.807) is 12.1 Å². The van der Waals surface area contributed by atoms with Crippen LogP contribution in [0, 0.1) is 0 Å². The van der Waals surface area contributed by atoms with Gasteiger partial charge in [0, 0.05) is 18.8 Å². The van der Waals surface area contributed by atoms with Gasteiger partial charge in [-0.25, -0.2) is 0 Å². The van der Waals surface area contributed by atoms with Gasteiger partial charge < -0.3 is 4.90 Å². The van der Waals surface area contributed by atoms with Crippen LogP contribution < -0.4 is 4.90 Å². The van der Waals surface area contributed by atoms with E-state index in [0.29, 0.717) is 6.54 Å². The molecule has 1 heterocycles. The molecule has 1 aliphatic rings. The lowest BCUT2D eigenvalue weighted by atomic mass is 10.0. The SMILES string of the molecule is [O]c1ccc2c(c1)CCCN2Cc1ccc(C(F)(F)F)cc1. The van der Waals surface area contributed by atoms with E-state index < -0.39 is 11.7 Å². The molecule has 5 heteroatoms. The van der Waals surface area contributed by atoms with E-state index in [-0.39, 0.29) is 5.75 Å². The highest BCUT2D eigenvalue weighted by Gasteiger charge is 2.30. The van der Waals surface area contributed by atoms with Gasteiger partial charge in [0.25, 0.3) is 0 Å². The summed E-state index contributed by atoms with van der Waals surface area (Å²) in [4.78, 5) is 2.11. The third-order valence-corrected chi connectivity index (χ3v) is 3.92. The van der Waals surface area contributed by atoms with Gasteiger partial charge >= 0.3 is 6.18 Å². The van der Waals surface area contributed by atoms with Crippen LogP contribution in [0.25, 0.3) is 0 Å². The van der Waals surface area contributed by atoms with Crippen LogP contribution in [0.3, 0.4) is 0 Å². The van der Waals surface area contributed by atoms with Crippen LogP contribution >= 0.6 is 0 Å². The Balaban J connectivity index is 1.80. The Hall–Kier alpha value is -2.17. The number of halogens is 3. The van der Waals surface area contributed by atoms with Gasteiger partial charge in [-0.1, -0.05) is 12.1 Å². The summed E-state index contributed by atoms with van der Waals surface area (Å²) in [6.45, 7) is 1.38. The Morgan fingerprint density at radius 3 is 2.45 bits per heavy atom. The molecule has 0 saturated carbocycles. The molecule has 3 rings (SSSR count). The zero-order valence-corrected chi connectivity index (χ0v) is 11.9. The Kier molecular flexibility index (Phi) is 3.72. The van der Waals surface area contributed by atoms with Crippen LogP contribution in [0.15, 0.2) is 42.5 Å². The maximum Gasteiger partial charge on any atom is 0.416 e. The van der Waals surface area contributed by atoms with Gasteiger partial charge in [0.2, 0.25) is 0 Å². The highest BCUT2D eigenvalue weighted by atomic mass is 19.4. The number of benzene rings is 2. The summed E-state index contributed by atoms with van der Waals surface area (Å²) in [5, 5.41) is 11.4. The number of hydrogen-bond acceptors (Lipinski definition) is 1. The van der Waals surface area contributed by atoms with Crippen molar-refractivity contribution in [3.05, 3.63) is 59.2 Å². The minimum atomic E-state index is -4.30. The molecular weight excluding hydrogens is 291 g/mol. The number of fused-ring (bicyclic) bond motifs is 1. The zero-order chi connectivity index (χ0) is 15.7. The van der Waals surface area contributed by atoms with Gasteiger partial charge in [-0.3, -0.25) is 5.11 Å². The molecule has 2 nitrogen and oxygen atoms in total. The highest BCUT2D eigenvalue weighted by Crippen LogP contribution is 2.32. The molecule has 0 unspecified atom stereocenters. The molecule has 2 aromatic carbocycles. The van der Waals surface area contributed by atoms with E-state index in [2.05, 4.69) is 4.90 Å². The van der Waals surface area contributed by atoms with E-state index in [1.165, 1.54) is 18.2 Å². The van der Waals surface area contributed by atoms with Crippen molar-refractivity contribution in [2.45, 2.75) is 25.6 Å². The first-order valence-electron chi connectivity index (χ1n) is 7.14. The molecule has 0 spiro atoms. The van der Waals surface area contributed by atoms with Crippen LogP contribution in [0.5, 0.6) is 5.75 Å². The van der Waals surface area contributed by atoms with Crippen LogP contribution in [0.1, 0.15) is 23.1 Å². The number of aryl methyl sites for hydroxylation is 1. The average molecular weight is 306 g/mol. The largest absolute Gasteiger partial charge is 0.416 e. The van der Waals surface area contributed by atoms with Gasteiger partial charge in [-0.15, -0.1) is 0 Å². The third kappa shape index (κ3) is 3.03. The quantitative estimate of drug-likeness (QED) is 0.781. The van der Waals surface area contributed by atoms with E-state index in [0.717, 1.165) is 48.3 Å². The first kappa shape index (κ1) is 14.8. The number of rotatable bonds is 2. The van der Waals surface area contributed by atoms with Gasteiger partial charge in [-0.05, 0) is 54.3 Å². The summed E-state index contributed by atoms with van der Waals surface area (Å²) in [6.07, 6.45) is -2.49. The van der Waals surface area contributed by atoms with Crippen molar-refractivity contribution >= 4 is 5.69 Å². The minimum absolute atomic E-state index is 0.00451. The highest BCUT2D eigenvalue weighted by molar-refractivity contribution is 5.58. The molecule has 22 heavy (non-hydrogen) atoms. The predicted molar refractivity (Wildman–Crippen MR) is 77.4 cm³/mol. The van der Waals surface area contributed by atoms with Crippen LogP contribution in [-0.2, 0) is 24.2 Å². The van der Waals surface area contributed by atoms with E-state index in [9.17, 15) is 18.3 Å². The number of nitrogens with zero attached hydrogens (tertiary/aromatic N) is 1. The number of anilines is 1. The van der Waals surface area contributed by atoms with Gasteiger partial charge in [0.15, 0.2) is 5.75 Å². The second kappa shape index (κ2) is 5.55. The number of hydrogen-bond donors (Lipinski definition) is 0. The fourth-order valence-corrected chi connectivity index (χ4v) is 2.84. The van der Waals surface area contributed by atoms with Crippen molar-refractivity contribution in [2.24, 2.45) is 0 Å². The van der Waals surface area contributed by atoms with Crippen LogP contribution in [0.2, 0.25) is 0 Å². The predicted octanol–water partition coefficient (Wildman–Crippen LogP) is 4.80. The van der Waals surface area contributed by atoms with Crippen LogP contribution in [0.4, 0.5) is 18.9 Å². The molecule has 1 radical (unpaired) electrons. The normalized spacial score (nSPS) is 14.8. The van der Waals surface area contributed by atoms with Crippen molar-refractivity contribution in [3.8, 4) is 5.75 Å². The lowest BCUT2D eigenvalue weighted by Gasteiger charge is -2.31. The van der Waals surface area contributed by atoms with Crippen molar-refractivity contribution < 1.29 is 18.3 Å². The molecule has 0 aromatic heterocycles.